The van der Waals surface area contributed by atoms with E-state index in [2.05, 4.69) is 0 Å². The van der Waals surface area contributed by atoms with Gasteiger partial charge in [0.15, 0.2) is 0 Å². The molecule has 0 radical (unpaired) electrons. The van der Waals surface area contributed by atoms with E-state index in [9.17, 15) is 4.79 Å². The van der Waals surface area contributed by atoms with Crippen molar-refractivity contribution in [3.8, 4) is 5.75 Å². The van der Waals surface area contributed by atoms with Crippen LogP contribution in [0.25, 0.3) is 0 Å². The summed E-state index contributed by atoms with van der Waals surface area (Å²) in [6, 6.07) is 3.36. The maximum Gasteiger partial charge on any atom is 0.339 e. The third-order valence-corrected chi connectivity index (χ3v) is 3.69. The molecular formula is C11H12ClNO3S. The van der Waals surface area contributed by atoms with Gasteiger partial charge in [-0.3, -0.25) is 0 Å². The van der Waals surface area contributed by atoms with E-state index in [0.717, 1.165) is 23.0 Å². The molecular weight excluding hydrogens is 262 g/mol. The largest absolute Gasteiger partial charge is 0.493 e. The van der Waals surface area contributed by atoms with Gasteiger partial charge in [0.2, 0.25) is 0 Å². The van der Waals surface area contributed by atoms with Gasteiger partial charge >= 0.3 is 5.97 Å². The average molecular weight is 274 g/mol. The van der Waals surface area contributed by atoms with Crippen molar-refractivity contribution in [2.24, 2.45) is 5.73 Å². The summed E-state index contributed by atoms with van der Waals surface area (Å²) in [5.41, 5.74) is 7.26. The molecule has 17 heavy (non-hydrogen) atoms. The Kier molecular flexibility index (Phi) is 3.81. The third kappa shape index (κ3) is 2.36. The normalized spacial score (nSPS) is 18.2. The van der Waals surface area contributed by atoms with Gasteiger partial charge in [-0.1, -0.05) is 0 Å². The molecule has 0 saturated heterocycles. The maximum absolute atomic E-state index is 11.6. The fraction of sp³-hybridized carbons (Fsp3) is 0.364. The van der Waals surface area contributed by atoms with Crippen LogP contribution in [0.3, 0.4) is 0 Å². The van der Waals surface area contributed by atoms with Crippen molar-refractivity contribution in [1.29, 1.82) is 0 Å². The Balaban J connectivity index is 2.51. The predicted molar refractivity (Wildman–Crippen MR) is 66.5 cm³/mol. The number of methoxy groups -OCH3 is 1. The van der Waals surface area contributed by atoms with Gasteiger partial charge in [0.25, 0.3) is 0 Å². The number of carbonyl (C=O) groups is 1. The van der Waals surface area contributed by atoms with Gasteiger partial charge in [-0.05, 0) is 33.8 Å². The minimum atomic E-state index is -0.432. The third-order valence-electron chi connectivity index (χ3n) is 2.69. The molecule has 0 bridgehead atoms. The highest BCUT2D eigenvalue weighted by Gasteiger charge is 2.23. The van der Waals surface area contributed by atoms with Crippen LogP contribution >= 0.6 is 21.7 Å². The first-order valence-electron chi connectivity index (χ1n) is 5.10. The summed E-state index contributed by atoms with van der Waals surface area (Å²) in [4.78, 5) is 12.2. The smallest absolute Gasteiger partial charge is 0.339 e. The first-order chi connectivity index (χ1) is 8.17. The zero-order chi connectivity index (χ0) is 12.4. The molecule has 4 nitrogen and oxygen atoms in total. The zero-order valence-corrected chi connectivity index (χ0v) is 10.8. The van der Waals surface area contributed by atoms with Crippen LogP contribution in [0.1, 0.15) is 28.4 Å². The standard InChI is InChI=1S/C11H12ClNO3S/c1-15-11(14)7-4-9-6(5-10(7)17-12)8(13)2-3-16-9/h4-5,8H,2-3,13H2,1H3/t8-/m0/s1. The van der Waals surface area contributed by atoms with Crippen LogP contribution in [0.2, 0.25) is 0 Å². The lowest BCUT2D eigenvalue weighted by Gasteiger charge is -2.24. The summed E-state index contributed by atoms with van der Waals surface area (Å²) >= 11 is 0. The maximum atomic E-state index is 11.6. The van der Waals surface area contributed by atoms with Crippen LogP contribution in [-0.2, 0) is 4.74 Å². The number of esters is 1. The van der Waals surface area contributed by atoms with Crippen LogP contribution in [0.5, 0.6) is 5.75 Å². The van der Waals surface area contributed by atoms with Crippen molar-refractivity contribution in [2.75, 3.05) is 13.7 Å². The highest BCUT2D eigenvalue weighted by Crippen LogP contribution is 2.37. The Morgan fingerprint density at radius 1 is 1.65 bits per heavy atom. The minimum Gasteiger partial charge on any atom is -0.493 e. The number of benzene rings is 1. The fourth-order valence-corrected chi connectivity index (χ4v) is 2.55. The van der Waals surface area contributed by atoms with Crippen molar-refractivity contribution >= 4 is 27.6 Å². The van der Waals surface area contributed by atoms with E-state index in [1.807, 2.05) is 0 Å². The van der Waals surface area contributed by atoms with Crippen molar-refractivity contribution in [2.45, 2.75) is 17.4 Å². The van der Waals surface area contributed by atoms with Gasteiger partial charge in [-0.2, -0.15) is 0 Å². The number of carbonyl (C=O) groups excluding carboxylic acids is 1. The number of ether oxygens (including phenoxy) is 2. The Morgan fingerprint density at radius 3 is 3.06 bits per heavy atom. The molecule has 1 aromatic rings. The fourth-order valence-electron chi connectivity index (χ4n) is 1.78. The number of rotatable bonds is 2. The summed E-state index contributed by atoms with van der Waals surface area (Å²) < 4.78 is 10.2. The van der Waals surface area contributed by atoms with Gasteiger partial charge in [0.05, 0.1) is 19.3 Å². The summed E-state index contributed by atoms with van der Waals surface area (Å²) in [5, 5.41) is 0. The molecule has 1 heterocycles. The number of hydrogen-bond acceptors (Lipinski definition) is 5. The highest BCUT2D eigenvalue weighted by molar-refractivity contribution is 8.21. The molecule has 2 rings (SSSR count). The molecule has 2 N–H and O–H groups in total. The molecule has 0 amide bonds. The Bertz CT molecular complexity index is 453. The van der Waals surface area contributed by atoms with Crippen molar-refractivity contribution in [3.05, 3.63) is 23.3 Å². The van der Waals surface area contributed by atoms with E-state index < -0.39 is 5.97 Å². The molecule has 0 fully saturated rings. The van der Waals surface area contributed by atoms with Crippen LogP contribution in [-0.4, -0.2) is 19.7 Å². The zero-order valence-electron chi connectivity index (χ0n) is 9.23. The summed E-state index contributed by atoms with van der Waals surface area (Å²) in [6.07, 6.45) is 0.761. The number of halogens is 1. The first-order valence-corrected chi connectivity index (χ1v) is 6.75. The molecule has 0 aromatic heterocycles. The van der Waals surface area contributed by atoms with Gasteiger partial charge in [0.1, 0.15) is 5.75 Å². The number of nitrogens with two attached hydrogens (primary N) is 1. The number of fused-ring (bicyclic) bond motifs is 1. The molecule has 0 saturated carbocycles. The van der Waals surface area contributed by atoms with E-state index in [4.69, 9.17) is 25.9 Å². The van der Waals surface area contributed by atoms with Gasteiger partial charge < -0.3 is 15.2 Å². The molecule has 0 spiro atoms. The van der Waals surface area contributed by atoms with Crippen molar-refractivity contribution in [1.82, 2.24) is 0 Å². The lowest BCUT2D eigenvalue weighted by atomic mass is 9.99. The van der Waals surface area contributed by atoms with E-state index in [1.54, 1.807) is 12.1 Å². The summed E-state index contributed by atoms with van der Waals surface area (Å²) in [6.45, 7) is 0.558. The lowest BCUT2D eigenvalue weighted by molar-refractivity contribution is 0.0596. The topological polar surface area (TPSA) is 61.5 Å². The molecule has 0 aliphatic carbocycles. The second kappa shape index (κ2) is 5.16. The molecule has 0 unspecified atom stereocenters. The summed E-state index contributed by atoms with van der Waals surface area (Å²) in [5.74, 6) is 0.206. The van der Waals surface area contributed by atoms with E-state index in [1.165, 1.54) is 7.11 Å². The Hall–Kier alpha value is -0.910. The number of hydrogen-bond donors (Lipinski definition) is 1. The molecule has 1 aromatic carbocycles. The van der Waals surface area contributed by atoms with E-state index in [-0.39, 0.29) is 6.04 Å². The second-order valence-electron chi connectivity index (χ2n) is 3.70. The van der Waals surface area contributed by atoms with Gasteiger partial charge in [0, 0.05) is 22.9 Å². The molecule has 1 aliphatic rings. The monoisotopic (exact) mass is 273 g/mol. The van der Waals surface area contributed by atoms with E-state index >= 15 is 0 Å². The van der Waals surface area contributed by atoms with Crippen LogP contribution in [0, 0.1) is 0 Å². The van der Waals surface area contributed by atoms with E-state index in [0.29, 0.717) is 22.8 Å². The van der Waals surface area contributed by atoms with Crippen LogP contribution in [0.15, 0.2) is 17.0 Å². The van der Waals surface area contributed by atoms with Gasteiger partial charge in [-0.25, -0.2) is 4.79 Å². The molecule has 92 valence electrons. The van der Waals surface area contributed by atoms with Gasteiger partial charge in [-0.15, -0.1) is 0 Å². The lowest BCUT2D eigenvalue weighted by Crippen LogP contribution is -2.21. The molecule has 1 aliphatic heterocycles. The highest BCUT2D eigenvalue weighted by atomic mass is 35.7. The first kappa shape index (κ1) is 12.5. The SMILES string of the molecule is COC(=O)c1cc2c(cc1SCl)[C@@H](N)CCO2. The van der Waals surface area contributed by atoms with Crippen molar-refractivity contribution in [3.63, 3.8) is 0 Å². The molecule has 1 atom stereocenters. The average Bonchev–Trinajstić information content (AvgIpc) is 2.37. The van der Waals surface area contributed by atoms with Crippen LogP contribution < -0.4 is 10.5 Å². The predicted octanol–water partition coefficient (Wildman–Crippen LogP) is 2.50. The van der Waals surface area contributed by atoms with Crippen molar-refractivity contribution < 1.29 is 14.3 Å². The summed E-state index contributed by atoms with van der Waals surface area (Å²) in [7, 11) is 8.06. The quantitative estimate of drug-likeness (QED) is 0.839. The minimum absolute atomic E-state index is 0.0759. The Labute approximate surface area is 108 Å². The molecule has 6 heteroatoms. The second-order valence-corrected chi connectivity index (χ2v) is 4.76. The van der Waals surface area contributed by atoms with Crippen LogP contribution in [0.4, 0.5) is 0 Å². The Morgan fingerprint density at radius 2 is 2.41 bits per heavy atom.